The summed E-state index contributed by atoms with van der Waals surface area (Å²) in [5, 5.41) is 34.2. The maximum atomic E-state index is 10.4. The Morgan fingerprint density at radius 1 is 1.09 bits per heavy atom. The van der Waals surface area contributed by atoms with Gasteiger partial charge < -0.3 is 25.8 Å². The number of aliphatic hydroxyl groups excluding tert-OH is 3. The van der Waals surface area contributed by atoms with Gasteiger partial charge in [-0.25, -0.2) is 15.0 Å². The Morgan fingerprint density at radius 3 is 2.59 bits per heavy atom. The summed E-state index contributed by atoms with van der Waals surface area (Å²) in [5.41, 5.74) is 8.56. The van der Waals surface area contributed by atoms with Crippen molar-refractivity contribution in [2.24, 2.45) is 0 Å². The summed E-state index contributed by atoms with van der Waals surface area (Å²) in [4.78, 5) is 13.1. The molecule has 0 aliphatic carbocycles. The molecule has 1 aromatic carbocycles. The van der Waals surface area contributed by atoms with Gasteiger partial charge in [0.05, 0.1) is 31.2 Å². The van der Waals surface area contributed by atoms with Crippen LogP contribution in [-0.4, -0.2) is 69.5 Å². The number of rotatable bonds is 5. The standard InChI is InChI=1S/C20H21N7O4.CH4/c21-17-14-19(27(10-22-14)20-16(30)15(29)13(9-28)31-20)25-18(24-17)12-6-23-26(8-12)7-11-4-2-1-3-5-11;/h1-6,8,10,13,15-16,20,28-30H,7,9H2,(H2,21,24,25);1H4/t13-,15-,16-,20?;/m1./s1. The van der Waals surface area contributed by atoms with Crippen molar-refractivity contribution in [3.05, 3.63) is 54.6 Å². The van der Waals surface area contributed by atoms with E-state index >= 15 is 0 Å². The van der Waals surface area contributed by atoms with E-state index in [1.54, 1.807) is 10.9 Å². The Kier molecular flexibility index (Phi) is 5.89. The summed E-state index contributed by atoms with van der Waals surface area (Å²) in [6, 6.07) is 9.93. The van der Waals surface area contributed by atoms with Gasteiger partial charge in [-0.2, -0.15) is 5.10 Å². The zero-order chi connectivity index (χ0) is 21.5. The van der Waals surface area contributed by atoms with E-state index < -0.39 is 31.1 Å². The van der Waals surface area contributed by atoms with Crippen LogP contribution in [0.25, 0.3) is 22.6 Å². The second kappa shape index (κ2) is 8.63. The number of hydrogen-bond acceptors (Lipinski definition) is 9. The normalized spacial score (nSPS) is 22.8. The lowest BCUT2D eigenvalue weighted by Gasteiger charge is -2.16. The van der Waals surface area contributed by atoms with E-state index in [0.29, 0.717) is 29.1 Å². The van der Waals surface area contributed by atoms with E-state index in [9.17, 15) is 15.3 Å². The highest BCUT2D eigenvalue weighted by Gasteiger charge is 2.44. The molecule has 1 unspecified atom stereocenters. The Bertz CT molecular complexity index is 1210. The molecular weight excluding hydrogens is 414 g/mol. The average Bonchev–Trinajstić information content (AvgIpc) is 3.48. The lowest BCUT2D eigenvalue weighted by Crippen LogP contribution is -2.33. The van der Waals surface area contributed by atoms with Crippen molar-refractivity contribution in [1.82, 2.24) is 29.3 Å². The largest absolute Gasteiger partial charge is 0.394 e. The molecule has 1 saturated heterocycles. The molecule has 1 aliphatic rings. The first-order valence-corrected chi connectivity index (χ1v) is 9.74. The maximum Gasteiger partial charge on any atom is 0.168 e. The molecule has 4 atom stereocenters. The van der Waals surface area contributed by atoms with E-state index in [1.165, 1.54) is 10.9 Å². The molecule has 11 nitrogen and oxygen atoms in total. The third-order valence-electron chi connectivity index (χ3n) is 5.32. The Balaban J connectivity index is 0.00000245. The highest BCUT2D eigenvalue weighted by atomic mass is 16.6. The summed E-state index contributed by atoms with van der Waals surface area (Å²) in [6.45, 7) is 0.170. The van der Waals surface area contributed by atoms with Gasteiger partial charge in [-0.15, -0.1) is 0 Å². The number of ether oxygens (including phenoxy) is 1. The number of hydrogen-bond donors (Lipinski definition) is 4. The van der Waals surface area contributed by atoms with Crippen molar-refractivity contribution in [2.45, 2.75) is 38.5 Å². The lowest BCUT2D eigenvalue weighted by atomic mass is 10.1. The molecule has 0 saturated carbocycles. The van der Waals surface area contributed by atoms with Crippen LogP contribution >= 0.6 is 0 Å². The second-order valence-electron chi connectivity index (χ2n) is 7.40. The number of nitrogens with zero attached hydrogens (tertiary/aromatic N) is 6. The van der Waals surface area contributed by atoms with Crippen LogP contribution in [0.3, 0.4) is 0 Å². The van der Waals surface area contributed by atoms with Crippen molar-refractivity contribution in [3.63, 3.8) is 0 Å². The summed E-state index contributed by atoms with van der Waals surface area (Å²) in [5.74, 6) is 0.513. The predicted molar refractivity (Wildman–Crippen MR) is 116 cm³/mol. The van der Waals surface area contributed by atoms with Gasteiger partial charge in [0.25, 0.3) is 0 Å². The van der Waals surface area contributed by atoms with E-state index in [2.05, 4.69) is 20.1 Å². The third kappa shape index (κ3) is 3.71. The topological polar surface area (TPSA) is 157 Å². The first kappa shape index (κ1) is 21.8. The fraction of sp³-hybridized carbons (Fsp3) is 0.333. The average molecular weight is 439 g/mol. The van der Waals surface area contributed by atoms with E-state index in [0.717, 1.165) is 5.56 Å². The number of fused-ring (bicyclic) bond motifs is 1. The highest BCUT2D eigenvalue weighted by Crippen LogP contribution is 2.32. The minimum atomic E-state index is -1.26. The molecule has 0 bridgehead atoms. The zero-order valence-electron chi connectivity index (χ0n) is 16.4. The monoisotopic (exact) mass is 439 g/mol. The van der Waals surface area contributed by atoms with E-state index in [4.69, 9.17) is 10.5 Å². The molecular formula is C21H25N7O4. The van der Waals surface area contributed by atoms with Crippen LogP contribution in [0.5, 0.6) is 0 Å². The molecule has 4 heterocycles. The fourth-order valence-corrected chi connectivity index (χ4v) is 3.70. The highest BCUT2D eigenvalue weighted by molar-refractivity contribution is 5.83. The number of nitrogen functional groups attached to an aromatic ring is 1. The molecule has 1 aliphatic heterocycles. The number of anilines is 1. The minimum Gasteiger partial charge on any atom is -0.394 e. The van der Waals surface area contributed by atoms with Crippen LogP contribution in [0.4, 0.5) is 5.82 Å². The smallest absolute Gasteiger partial charge is 0.168 e. The quantitative estimate of drug-likeness (QED) is 0.349. The Morgan fingerprint density at radius 2 is 1.88 bits per heavy atom. The molecule has 3 aromatic heterocycles. The van der Waals surface area contributed by atoms with Crippen molar-refractivity contribution < 1.29 is 20.1 Å². The SMILES string of the molecule is C.Nc1nc(-c2cnn(Cc3ccccc3)c2)nc2c1ncn2C1O[C@H](CO)[C@@H](O)[C@H]1O. The number of aliphatic hydroxyl groups is 3. The molecule has 11 heteroatoms. The number of nitrogens with two attached hydrogens (primary N) is 1. The van der Waals surface area contributed by atoms with Crippen LogP contribution in [0.15, 0.2) is 49.1 Å². The number of aromatic nitrogens is 6. The van der Waals surface area contributed by atoms with Gasteiger partial charge in [-0.05, 0) is 5.56 Å². The molecule has 1 fully saturated rings. The van der Waals surface area contributed by atoms with Crippen LogP contribution in [-0.2, 0) is 11.3 Å². The van der Waals surface area contributed by atoms with Gasteiger partial charge >= 0.3 is 0 Å². The Labute approximate surface area is 183 Å². The van der Waals surface area contributed by atoms with Gasteiger partial charge in [0.2, 0.25) is 0 Å². The van der Waals surface area contributed by atoms with Crippen molar-refractivity contribution in [1.29, 1.82) is 0 Å². The van der Waals surface area contributed by atoms with Gasteiger partial charge in [0.15, 0.2) is 23.5 Å². The molecule has 5 N–H and O–H groups in total. The lowest BCUT2D eigenvalue weighted by molar-refractivity contribution is -0.0511. The molecule has 32 heavy (non-hydrogen) atoms. The Hall–Kier alpha value is -3.38. The number of imidazole rings is 1. The first-order chi connectivity index (χ1) is 15.0. The summed E-state index contributed by atoms with van der Waals surface area (Å²) >= 11 is 0. The van der Waals surface area contributed by atoms with Crippen LogP contribution in [0, 0.1) is 0 Å². The molecule has 0 spiro atoms. The van der Waals surface area contributed by atoms with Crippen LogP contribution in [0.2, 0.25) is 0 Å². The van der Waals surface area contributed by atoms with Crippen molar-refractivity contribution >= 4 is 17.0 Å². The first-order valence-electron chi connectivity index (χ1n) is 9.74. The molecule has 0 radical (unpaired) electrons. The zero-order valence-corrected chi connectivity index (χ0v) is 16.4. The summed E-state index contributed by atoms with van der Waals surface area (Å²) < 4.78 is 8.86. The number of benzene rings is 1. The molecule has 5 rings (SSSR count). The fourth-order valence-electron chi connectivity index (χ4n) is 3.70. The van der Waals surface area contributed by atoms with Crippen LogP contribution < -0.4 is 5.73 Å². The molecule has 0 amide bonds. The van der Waals surface area contributed by atoms with E-state index in [-0.39, 0.29) is 13.2 Å². The van der Waals surface area contributed by atoms with Crippen LogP contribution in [0.1, 0.15) is 19.2 Å². The van der Waals surface area contributed by atoms with Gasteiger partial charge in [-0.3, -0.25) is 9.25 Å². The van der Waals surface area contributed by atoms with E-state index in [1.807, 2.05) is 36.5 Å². The summed E-state index contributed by atoms with van der Waals surface area (Å²) in [6.07, 6.45) is 0.508. The van der Waals surface area contributed by atoms with Gasteiger partial charge in [0.1, 0.15) is 23.8 Å². The van der Waals surface area contributed by atoms with Crippen molar-refractivity contribution in [2.75, 3.05) is 12.3 Å². The maximum absolute atomic E-state index is 10.4. The second-order valence-corrected chi connectivity index (χ2v) is 7.40. The minimum absolute atomic E-state index is 0. The molecule has 168 valence electrons. The van der Waals surface area contributed by atoms with Gasteiger partial charge in [-0.1, -0.05) is 37.8 Å². The molecule has 4 aromatic rings. The van der Waals surface area contributed by atoms with Crippen molar-refractivity contribution in [3.8, 4) is 11.4 Å². The van der Waals surface area contributed by atoms with Gasteiger partial charge in [0, 0.05) is 6.20 Å². The third-order valence-corrected chi connectivity index (χ3v) is 5.32. The predicted octanol–water partition coefficient (Wildman–Crippen LogP) is 0.568. The summed E-state index contributed by atoms with van der Waals surface area (Å²) in [7, 11) is 0.